The lowest BCUT2D eigenvalue weighted by molar-refractivity contribution is 0.0992. The van der Waals surface area contributed by atoms with Crippen molar-refractivity contribution in [2.75, 3.05) is 0 Å². The third-order valence-corrected chi connectivity index (χ3v) is 2.53. The molecule has 0 atom stereocenters. The van der Waals surface area contributed by atoms with Crippen LogP contribution in [0.25, 0.3) is 0 Å². The van der Waals surface area contributed by atoms with Crippen molar-refractivity contribution in [3.05, 3.63) is 47.0 Å². The Kier molecular flexibility index (Phi) is 3.04. The molecular formula is C13H15N3O. The molecule has 0 saturated heterocycles. The molecule has 88 valence electrons. The molecule has 4 heteroatoms. The molecule has 2 aromatic rings. The van der Waals surface area contributed by atoms with Crippen molar-refractivity contribution in [1.29, 1.82) is 0 Å². The maximum Gasteiger partial charge on any atom is 0.167 e. The molecule has 2 aromatic heterocycles. The van der Waals surface area contributed by atoms with Gasteiger partial charge in [-0.2, -0.15) is 5.10 Å². The standard InChI is InChI=1S/C13H15N3O/c1-9-4-12(5-10(2)15-9)13(17)6-11-7-14-16(3)8-11/h4-5,7-8H,6H2,1-3H3. The van der Waals surface area contributed by atoms with Crippen molar-refractivity contribution >= 4 is 5.78 Å². The second kappa shape index (κ2) is 4.49. The molecule has 0 fully saturated rings. The Balaban J connectivity index is 2.19. The summed E-state index contributed by atoms with van der Waals surface area (Å²) in [6.07, 6.45) is 3.97. The first-order valence-electron chi connectivity index (χ1n) is 5.50. The molecule has 4 nitrogen and oxygen atoms in total. The number of hydrogen-bond donors (Lipinski definition) is 0. The highest BCUT2D eigenvalue weighted by Gasteiger charge is 2.09. The largest absolute Gasteiger partial charge is 0.294 e. The van der Waals surface area contributed by atoms with Gasteiger partial charge in [0.2, 0.25) is 0 Å². The molecule has 0 aliphatic carbocycles. The fraction of sp³-hybridized carbons (Fsp3) is 0.308. The Hall–Kier alpha value is -1.97. The summed E-state index contributed by atoms with van der Waals surface area (Å²) in [5, 5.41) is 4.05. The molecule has 0 spiro atoms. The van der Waals surface area contributed by atoms with Gasteiger partial charge >= 0.3 is 0 Å². The summed E-state index contributed by atoms with van der Waals surface area (Å²) in [7, 11) is 1.84. The number of aromatic nitrogens is 3. The van der Waals surface area contributed by atoms with Crippen LogP contribution in [0.1, 0.15) is 27.3 Å². The van der Waals surface area contributed by atoms with Crippen LogP contribution in [-0.4, -0.2) is 20.5 Å². The zero-order valence-corrected chi connectivity index (χ0v) is 10.3. The van der Waals surface area contributed by atoms with Gasteiger partial charge in [-0.05, 0) is 31.5 Å². The molecule has 2 rings (SSSR count). The Morgan fingerprint density at radius 1 is 1.29 bits per heavy atom. The van der Waals surface area contributed by atoms with E-state index in [0.29, 0.717) is 6.42 Å². The molecule has 0 unspecified atom stereocenters. The zero-order valence-electron chi connectivity index (χ0n) is 10.3. The van der Waals surface area contributed by atoms with Gasteiger partial charge < -0.3 is 0 Å². The molecule has 0 amide bonds. The second-order valence-electron chi connectivity index (χ2n) is 4.26. The second-order valence-corrected chi connectivity index (χ2v) is 4.26. The zero-order chi connectivity index (χ0) is 12.4. The van der Waals surface area contributed by atoms with E-state index in [1.807, 2.05) is 39.2 Å². The molecule has 0 bridgehead atoms. The lowest BCUT2D eigenvalue weighted by atomic mass is 10.0. The first-order valence-corrected chi connectivity index (χ1v) is 5.50. The summed E-state index contributed by atoms with van der Waals surface area (Å²) in [5.41, 5.74) is 3.41. The first-order chi connectivity index (χ1) is 8.04. The Morgan fingerprint density at radius 3 is 2.47 bits per heavy atom. The van der Waals surface area contributed by atoms with E-state index in [9.17, 15) is 4.79 Å². The third-order valence-electron chi connectivity index (χ3n) is 2.53. The van der Waals surface area contributed by atoms with E-state index in [-0.39, 0.29) is 5.78 Å². The van der Waals surface area contributed by atoms with Crippen LogP contribution in [-0.2, 0) is 13.5 Å². The predicted octanol–water partition coefficient (Wildman–Crippen LogP) is 1.86. The molecule has 0 saturated carbocycles. The average Bonchev–Trinajstić information content (AvgIpc) is 2.62. The lowest BCUT2D eigenvalue weighted by Crippen LogP contribution is -2.04. The van der Waals surface area contributed by atoms with E-state index in [4.69, 9.17) is 0 Å². The van der Waals surface area contributed by atoms with Crippen molar-refractivity contribution in [2.24, 2.45) is 7.05 Å². The third kappa shape index (κ3) is 2.78. The minimum atomic E-state index is 0.103. The molecule has 17 heavy (non-hydrogen) atoms. The molecule has 0 radical (unpaired) electrons. The van der Waals surface area contributed by atoms with E-state index in [1.165, 1.54) is 0 Å². The summed E-state index contributed by atoms with van der Waals surface area (Å²) in [5.74, 6) is 0.103. The van der Waals surface area contributed by atoms with Gasteiger partial charge in [0, 0.05) is 36.6 Å². The van der Waals surface area contributed by atoms with Gasteiger partial charge in [0.25, 0.3) is 0 Å². The molecule has 0 aliphatic heterocycles. The van der Waals surface area contributed by atoms with E-state index in [0.717, 1.165) is 22.5 Å². The van der Waals surface area contributed by atoms with Crippen molar-refractivity contribution in [2.45, 2.75) is 20.3 Å². The summed E-state index contributed by atoms with van der Waals surface area (Å²) in [4.78, 5) is 16.3. The number of rotatable bonds is 3. The summed E-state index contributed by atoms with van der Waals surface area (Å²) >= 11 is 0. The van der Waals surface area contributed by atoms with Gasteiger partial charge in [0.1, 0.15) is 0 Å². The highest BCUT2D eigenvalue weighted by molar-refractivity contribution is 5.97. The average molecular weight is 229 g/mol. The molecule has 0 aromatic carbocycles. The highest BCUT2D eigenvalue weighted by Crippen LogP contribution is 2.09. The number of carbonyl (C=O) groups is 1. The topological polar surface area (TPSA) is 47.8 Å². The van der Waals surface area contributed by atoms with Crippen LogP contribution >= 0.6 is 0 Å². The number of carbonyl (C=O) groups excluding carboxylic acids is 1. The number of hydrogen-bond acceptors (Lipinski definition) is 3. The molecule has 2 heterocycles. The fourth-order valence-corrected chi connectivity index (χ4v) is 1.85. The number of nitrogens with zero attached hydrogens (tertiary/aromatic N) is 3. The van der Waals surface area contributed by atoms with Crippen molar-refractivity contribution in [3.8, 4) is 0 Å². The summed E-state index contributed by atoms with van der Waals surface area (Å²) in [6, 6.07) is 3.65. The van der Waals surface area contributed by atoms with Gasteiger partial charge in [-0.3, -0.25) is 14.5 Å². The summed E-state index contributed by atoms with van der Waals surface area (Å²) < 4.78 is 1.70. The van der Waals surface area contributed by atoms with Crippen LogP contribution < -0.4 is 0 Å². The lowest BCUT2D eigenvalue weighted by Gasteiger charge is -2.02. The SMILES string of the molecule is Cc1cc(C(=O)Cc2cnn(C)c2)cc(C)n1. The minimum absolute atomic E-state index is 0.103. The maximum atomic E-state index is 12.1. The van der Waals surface area contributed by atoms with Gasteiger partial charge in [-0.1, -0.05) is 0 Å². The monoisotopic (exact) mass is 229 g/mol. The van der Waals surface area contributed by atoms with Crippen molar-refractivity contribution in [1.82, 2.24) is 14.8 Å². The molecule has 0 aliphatic rings. The van der Waals surface area contributed by atoms with E-state index >= 15 is 0 Å². The van der Waals surface area contributed by atoms with Crippen molar-refractivity contribution < 1.29 is 4.79 Å². The molecular weight excluding hydrogens is 214 g/mol. The minimum Gasteiger partial charge on any atom is -0.294 e. The van der Waals surface area contributed by atoms with E-state index in [2.05, 4.69) is 10.1 Å². The fourth-order valence-electron chi connectivity index (χ4n) is 1.85. The highest BCUT2D eigenvalue weighted by atomic mass is 16.1. The normalized spacial score (nSPS) is 10.5. The van der Waals surface area contributed by atoms with E-state index in [1.54, 1.807) is 10.9 Å². The van der Waals surface area contributed by atoms with Crippen LogP contribution in [0.5, 0.6) is 0 Å². The van der Waals surface area contributed by atoms with Gasteiger partial charge in [-0.15, -0.1) is 0 Å². The quantitative estimate of drug-likeness (QED) is 0.755. The van der Waals surface area contributed by atoms with Gasteiger partial charge in [0.15, 0.2) is 5.78 Å². The molecule has 0 N–H and O–H groups in total. The van der Waals surface area contributed by atoms with Crippen LogP contribution in [0.15, 0.2) is 24.5 Å². The van der Waals surface area contributed by atoms with Crippen LogP contribution in [0.4, 0.5) is 0 Å². The Bertz CT molecular complexity index is 537. The maximum absolute atomic E-state index is 12.1. The number of ketones is 1. The van der Waals surface area contributed by atoms with E-state index < -0.39 is 0 Å². The summed E-state index contributed by atoms with van der Waals surface area (Å²) in [6.45, 7) is 3.79. The number of aryl methyl sites for hydroxylation is 3. The predicted molar refractivity (Wildman–Crippen MR) is 65.0 cm³/mol. The van der Waals surface area contributed by atoms with Crippen LogP contribution in [0.3, 0.4) is 0 Å². The Morgan fingerprint density at radius 2 is 1.94 bits per heavy atom. The van der Waals surface area contributed by atoms with Crippen LogP contribution in [0, 0.1) is 13.8 Å². The number of Topliss-reactive ketones (excluding diaryl/α,β-unsaturated/α-hetero) is 1. The number of pyridine rings is 1. The van der Waals surface area contributed by atoms with Gasteiger partial charge in [0.05, 0.1) is 6.20 Å². The van der Waals surface area contributed by atoms with Crippen molar-refractivity contribution in [3.63, 3.8) is 0 Å². The first kappa shape index (κ1) is 11.5. The van der Waals surface area contributed by atoms with Crippen LogP contribution in [0.2, 0.25) is 0 Å². The Labute approximate surface area is 100 Å². The van der Waals surface area contributed by atoms with Gasteiger partial charge in [-0.25, -0.2) is 0 Å². The smallest absolute Gasteiger partial charge is 0.167 e.